The van der Waals surface area contributed by atoms with Crippen LogP contribution >= 0.6 is 12.4 Å². The van der Waals surface area contributed by atoms with Crippen LogP contribution in [0.3, 0.4) is 0 Å². The molecule has 2 N–H and O–H groups in total. The van der Waals surface area contributed by atoms with Crippen LogP contribution in [0.15, 0.2) is 0 Å². The van der Waals surface area contributed by atoms with Crippen LogP contribution in [0.25, 0.3) is 0 Å². The summed E-state index contributed by atoms with van der Waals surface area (Å²) in [5, 5.41) is 12.5. The van der Waals surface area contributed by atoms with Crippen molar-refractivity contribution in [3.63, 3.8) is 0 Å². The first-order chi connectivity index (χ1) is 7.56. The van der Waals surface area contributed by atoms with Gasteiger partial charge in [0, 0.05) is 19.6 Å². The van der Waals surface area contributed by atoms with E-state index >= 15 is 0 Å². The molecule has 2 fully saturated rings. The molecule has 1 amide bonds. The lowest BCUT2D eigenvalue weighted by molar-refractivity contribution is -0.135. The Morgan fingerprint density at radius 2 is 1.82 bits per heavy atom. The molecule has 0 aromatic heterocycles. The first-order valence-corrected chi connectivity index (χ1v) is 6.26. The Morgan fingerprint density at radius 1 is 1.24 bits per heavy atom. The number of hydrogen-bond acceptors (Lipinski definition) is 3. The van der Waals surface area contributed by atoms with E-state index in [2.05, 4.69) is 19.2 Å². The van der Waals surface area contributed by atoms with Crippen molar-refractivity contribution in [3.05, 3.63) is 0 Å². The molecule has 0 radical (unpaired) electrons. The molecule has 2 aliphatic rings. The van der Waals surface area contributed by atoms with Gasteiger partial charge in [-0.05, 0) is 24.7 Å². The Hall–Kier alpha value is -0.320. The second-order valence-electron chi connectivity index (χ2n) is 5.54. The molecule has 4 atom stereocenters. The molecular formula is C12H23ClN2O2. The number of piperidine rings is 1. The lowest BCUT2D eigenvalue weighted by Gasteiger charge is -2.36. The number of carbonyl (C=O) groups is 1. The number of amides is 1. The number of nitrogens with zero attached hydrogens (tertiary/aromatic N) is 1. The number of hydrogen-bond donors (Lipinski definition) is 2. The summed E-state index contributed by atoms with van der Waals surface area (Å²) < 4.78 is 0. The maximum absolute atomic E-state index is 12.2. The van der Waals surface area contributed by atoms with Gasteiger partial charge in [0.2, 0.25) is 5.91 Å². The van der Waals surface area contributed by atoms with Gasteiger partial charge in [-0.25, -0.2) is 0 Å². The third-order valence-electron chi connectivity index (χ3n) is 3.59. The molecule has 2 heterocycles. The van der Waals surface area contributed by atoms with E-state index in [1.165, 1.54) is 6.42 Å². The van der Waals surface area contributed by atoms with Crippen molar-refractivity contribution in [2.75, 3.05) is 19.6 Å². The zero-order chi connectivity index (χ0) is 11.7. The molecule has 4 unspecified atom stereocenters. The lowest BCUT2D eigenvalue weighted by Crippen LogP contribution is -2.49. The molecule has 0 spiro atoms. The van der Waals surface area contributed by atoms with Gasteiger partial charge in [-0.2, -0.15) is 0 Å². The summed E-state index contributed by atoms with van der Waals surface area (Å²) in [5.74, 6) is 1.37. The summed E-state index contributed by atoms with van der Waals surface area (Å²) in [5.41, 5.74) is 0. The van der Waals surface area contributed by atoms with E-state index in [1.54, 1.807) is 0 Å². The average Bonchev–Trinajstić information content (AvgIpc) is 2.62. The average molecular weight is 263 g/mol. The number of rotatable bonds is 1. The number of aliphatic hydroxyl groups excluding tert-OH is 1. The highest BCUT2D eigenvalue weighted by Gasteiger charge is 2.34. The number of likely N-dealkylation sites (tertiary alicyclic amines) is 1. The van der Waals surface area contributed by atoms with Gasteiger partial charge in [0.25, 0.3) is 0 Å². The third kappa shape index (κ3) is 3.57. The minimum absolute atomic E-state index is 0. The number of aliphatic hydroxyl groups is 1. The fourth-order valence-electron chi connectivity index (χ4n) is 2.97. The fraction of sp³-hybridized carbons (Fsp3) is 0.917. The van der Waals surface area contributed by atoms with Crippen molar-refractivity contribution in [2.45, 2.75) is 38.8 Å². The molecule has 2 saturated heterocycles. The van der Waals surface area contributed by atoms with Crippen molar-refractivity contribution < 1.29 is 9.90 Å². The van der Waals surface area contributed by atoms with Crippen LogP contribution in [0.1, 0.15) is 26.7 Å². The van der Waals surface area contributed by atoms with E-state index in [0.717, 1.165) is 13.1 Å². The SMILES string of the molecule is CC1CC(C)CN(C(=O)C2CC(O)CN2)C1.Cl. The summed E-state index contributed by atoms with van der Waals surface area (Å²) in [6.07, 6.45) is 1.43. The van der Waals surface area contributed by atoms with E-state index in [-0.39, 0.29) is 30.5 Å². The summed E-state index contributed by atoms with van der Waals surface area (Å²) in [7, 11) is 0. The lowest BCUT2D eigenvalue weighted by atomic mass is 9.91. The van der Waals surface area contributed by atoms with E-state index < -0.39 is 0 Å². The van der Waals surface area contributed by atoms with Crippen molar-refractivity contribution in [2.24, 2.45) is 11.8 Å². The van der Waals surface area contributed by atoms with Crippen LogP contribution in [0.5, 0.6) is 0 Å². The van der Waals surface area contributed by atoms with Gasteiger partial charge in [0.05, 0.1) is 12.1 Å². The van der Waals surface area contributed by atoms with E-state index in [0.29, 0.717) is 24.8 Å². The van der Waals surface area contributed by atoms with Crippen LogP contribution in [0.2, 0.25) is 0 Å². The van der Waals surface area contributed by atoms with E-state index in [4.69, 9.17) is 0 Å². The largest absolute Gasteiger partial charge is 0.392 e. The monoisotopic (exact) mass is 262 g/mol. The fourth-order valence-corrected chi connectivity index (χ4v) is 2.97. The van der Waals surface area contributed by atoms with Crippen LogP contribution in [0.4, 0.5) is 0 Å². The highest BCUT2D eigenvalue weighted by molar-refractivity contribution is 5.85. The van der Waals surface area contributed by atoms with Crippen LogP contribution in [-0.4, -0.2) is 47.7 Å². The second-order valence-corrected chi connectivity index (χ2v) is 5.54. The Balaban J connectivity index is 0.00000144. The van der Waals surface area contributed by atoms with Crippen molar-refractivity contribution >= 4 is 18.3 Å². The minimum atomic E-state index is -0.353. The molecule has 0 saturated carbocycles. The number of carbonyl (C=O) groups excluding carboxylic acids is 1. The molecular weight excluding hydrogens is 240 g/mol. The zero-order valence-electron chi connectivity index (χ0n) is 10.6. The summed E-state index contributed by atoms with van der Waals surface area (Å²) in [6, 6.07) is -0.160. The van der Waals surface area contributed by atoms with Crippen LogP contribution in [0, 0.1) is 11.8 Å². The number of β-amino-alcohol motifs (C(OH)–C–C–N with tert-alkyl or cyclic N) is 1. The molecule has 5 heteroatoms. The summed E-state index contributed by atoms with van der Waals surface area (Å²) in [6.45, 7) is 6.70. The standard InChI is InChI=1S/C12H22N2O2.ClH/c1-8-3-9(2)7-14(6-8)12(16)11-4-10(15)5-13-11;/h8-11,13,15H,3-7H2,1-2H3;1H. The Bertz CT molecular complexity index is 265. The number of halogens is 1. The van der Waals surface area contributed by atoms with Crippen molar-refractivity contribution in [1.82, 2.24) is 10.2 Å². The van der Waals surface area contributed by atoms with Gasteiger partial charge < -0.3 is 15.3 Å². The zero-order valence-corrected chi connectivity index (χ0v) is 11.4. The summed E-state index contributed by atoms with van der Waals surface area (Å²) >= 11 is 0. The van der Waals surface area contributed by atoms with Crippen LogP contribution in [-0.2, 0) is 4.79 Å². The molecule has 2 aliphatic heterocycles. The predicted molar refractivity (Wildman–Crippen MR) is 69.2 cm³/mol. The van der Waals surface area contributed by atoms with Gasteiger partial charge in [0.15, 0.2) is 0 Å². The van der Waals surface area contributed by atoms with Gasteiger partial charge in [-0.15, -0.1) is 12.4 Å². The molecule has 0 aromatic carbocycles. The first kappa shape index (κ1) is 14.7. The van der Waals surface area contributed by atoms with Gasteiger partial charge in [0.1, 0.15) is 0 Å². The maximum atomic E-state index is 12.2. The molecule has 0 aliphatic carbocycles. The van der Waals surface area contributed by atoms with Crippen molar-refractivity contribution in [1.29, 1.82) is 0 Å². The highest BCUT2D eigenvalue weighted by atomic mass is 35.5. The van der Waals surface area contributed by atoms with Gasteiger partial charge in [-0.3, -0.25) is 4.79 Å². The van der Waals surface area contributed by atoms with E-state index in [9.17, 15) is 9.90 Å². The van der Waals surface area contributed by atoms with Gasteiger partial charge in [-0.1, -0.05) is 13.8 Å². The van der Waals surface area contributed by atoms with Crippen molar-refractivity contribution in [3.8, 4) is 0 Å². The maximum Gasteiger partial charge on any atom is 0.239 e. The smallest absolute Gasteiger partial charge is 0.239 e. The van der Waals surface area contributed by atoms with E-state index in [1.807, 2.05) is 4.90 Å². The molecule has 100 valence electrons. The second kappa shape index (κ2) is 6.03. The minimum Gasteiger partial charge on any atom is -0.392 e. The third-order valence-corrected chi connectivity index (χ3v) is 3.59. The molecule has 17 heavy (non-hydrogen) atoms. The Kier molecular flexibility index (Phi) is 5.22. The predicted octanol–water partition coefficient (Wildman–Crippen LogP) is 0.635. The molecule has 0 bridgehead atoms. The van der Waals surface area contributed by atoms with Gasteiger partial charge >= 0.3 is 0 Å². The molecule has 4 nitrogen and oxygen atoms in total. The Labute approximate surface area is 109 Å². The highest BCUT2D eigenvalue weighted by Crippen LogP contribution is 2.22. The van der Waals surface area contributed by atoms with Crippen LogP contribution < -0.4 is 5.32 Å². The quantitative estimate of drug-likeness (QED) is 0.729. The molecule has 2 rings (SSSR count). The number of nitrogens with one attached hydrogen (secondary N) is 1. The Morgan fingerprint density at radius 3 is 2.29 bits per heavy atom. The first-order valence-electron chi connectivity index (χ1n) is 6.26. The normalized spacial score (nSPS) is 37.7. The molecule has 0 aromatic rings. The summed E-state index contributed by atoms with van der Waals surface area (Å²) in [4.78, 5) is 14.2. The topological polar surface area (TPSA) is 52.6 Å².